The molecular formula is C11H13F2NS. The van der Waals surface area contributed by atoms with E-state index in [1.54, 1.807) is 0 Å². The molecule has 0 unspecified atom stereocenters. The second-order valence-corrected chi connectivity index (χ2v) is 4.95. The van der Waals surface area contributed by atoms with E-state index in [-0.39, 0.29) is 10.6 Å². The zero-order valence-corrected chi connectivity index (χ0v) is 9.12. The molecule has 0 heterocycles. The van der Waals surface area contributed by atoms with Gasteiger partial charge in [0.1, 0.15) is 11.6 Å². The van der Waals surface area contributed by atoms with Crippen LogP contribution in [0.15, 0.2) is 17.0 Å². The fourth-order valence-corrected chi connectivity index (χ4v) is 2.71. The van der Waals surface area contributed by atoms with Crippen LogP contribution in [0, 0.1) is 17.6 Å². The number of anilines is 1. The molecule has 0 aliphatic heterocycles. The van der Waals surface area contributed by atoms with Gasteiger partial charge in [0, 0.05) is 11.4 Å². The van der Waals surface area contributed by atoms with Gasteiger partial charge in [0.2, 0.25) is 0 Å². The molecule has 0 atom stereocenters. The zero-order chi connectivity index (χ0) is 10.8. The maximum Gasteiger partial charge on any atom is 0.141 e. The number of benzene rings is 1. The third-order valence-electron chi connectivity index (χ3n) is 2.71. The highest BCUT2D eigenvalue weighted by atomic mass is 32.2. The third-order valence-corrected chi connectivity index (χ3v) is 4.03. The lowest BCUT2D eigenvalue weighted by Crippen LogP contribution is -2.13. The molecule has 0 bridgehead atoms. The number of hydrogen-bond donors (Lipinski definition) is 1. The maximum absolute atomic E-state index is 13.3. The lowest BCUT2D eigenvalue weighted by atomic mass is 9.87. The quantitative estimate of drug-likeness (QED) is 0.634. The largest absolute Gasteiger partial charge is 0.399 e. The molecule has 1 nitrogen and oxygen atoms in total. The van der Waals surface area contributed by atoms with E-state index in [9.17, 15) is 8.78 Å². The summed E-state index contributed by atoms with van der Waals surface area (Å²) in [6.45, 7) is 0. The fraction of sp³-hybridized carbons (Fsp3) is 0.455. The fourth-order valence-electron chi connectivity index (χ4n) is 1.58. The second-order valence-electron chi connectivity index (χ2n) is 3.92. The van der Waals surface area contributed by atoms with E-state index >= 15 is 0 Å². The summed E-state index contributed by atoms with van der Waals surface area (Å²) in [5, 5.41) is 0. The van der Waals surface area contributed by atoms with Crippen molar-refractivity contribution in [2.24, 2.45) is 5.92 Å². The second kappa shape index (κ2) is 4.39. The predicted octanol–water partition coefficient (Wildman–Crippen LogP) is 3.44. The smallest absolute Gasteiger partial charge is 0.141 e. The molecule has 1 aliphatic rings. The monoisotopic (exact) mass is 229 g/mol. The van der Waals surface area contributed by atoms with Crippen molar-refractivity contribution in [2.75, 3.05) is 11.5 Å². The lowest BCUT2D eigenvalue weighted by Gasteiger charge is -2.24. The molecular weight excluding hydrogens is 216 g/mol. The number of thioether (sulfide) groups is 1. The molecule has 0 saturated heterocycles. The van der Waals surface area contributed by atoms with Crippen LogP contribution in [-0.4, -0.2) is 5.75 Å². The van der Waals surface area contributed by atoms with E-state index in [1.165, 1.54) is 43.2 Å². The Balaban J connectivity index is 2.05. The van der Waals surface area contributed by atoms with Gasteiger partial charge in [-0.1, -0.05) is 6.42 Å². The van der Waals surface area contributed by atoms with Crippen molar-refractivity contribution in [3.05, 3.63) is 23.8 Å². The normalized spacial score (nSPS) is 16.4. The Bertz CT molecular complexity index is 341. The van der Waals surface area contributed by atoms with Crippen molar-refractivity contribution in [3.63, 3.8) is 0 Å². The van der Waals surface area contributed by atoms with Crippen molar-refractivity contribution in [1.29, 1.82) is 0 Å². The van der Waals surface area contributed by atoms with Crippen LogP contribution >= 0.6 is 11.8 Å². The molecule has 0 radical (unpaired) electrons. The molecule has 0 spiro atoms. The first-order valence-corrected chi connectivity index (χ1v) is 6.02. The Labute approximate surface area is 92.0 Å². The minimum atomic E-state index is -0.545. The van der Waals surface area contributed by atoms with Gasteiger partial charge in [0.15, 0.2) is 0 Å². The van der Waals surface area contributed by atoms with Crippen LogP contribution in [0.5, 0.6) is 0 Å². The molecule has 4 heteroatoms. The first-order chi connectivity index (χ1) is 7.16. The van der Waals surface area contributed by atoms with E-state index < -0.39 is 11.6 Å². The molecule has 0 aromatic heterocycles. The molecule has 2 N–H and O–H groups in total. The highest BCUT2D eigenvalue weighted by Gasteiger charge is 2.19. The summed E-state index contributed by atoms with van der Waals surface area (Å²) in [5.41, 5.74) is 5.47. The van der Waals surface area contributed by atoms with E-state index in [2.05, 4.69) is 0 Å². The Kier molecular flexibility index (Phi) is 3.14. The van der Waals surface area contributed by atoms with Crippen LogP contribution in [0.25, 0.3) is 0 Å². The Morgan fingerprint density at radius 3 is 2.33 bits per heavy atom. The SMILES string of the molecule is Nc1cc(F)c(SCC2CCC2)c(F)c1. The molecule has 1 aromatic carbocycles. The predicted molar refractivity (Wildman–Crippen MR) is 58.8 cm³/mol. The highest BCUT2D eigenvalue weighted by Crippen LogP contribution is 2.34. The maximum atomic E-state index is 13.3. The van der Waals surface area contributed by atoms with Crippen LogP contribution in [0.1, 0.15) is 19.3 Å². The van der Waals surface area contributed by atoms with Crippen LogP contribution in [-0.2, 0) is 0 Å². The topological polar surface area (TPSA) is 26.0 Å². The molecule has 15 heavy (non-hydrogen) atoms. The standard InChI is InChI=1S/C11H13F2NS/c12-9-4-8(14)5-10(13)11(9)15-6-7-2-1-3-7/h4-5,7H,1-3,6,14H2. The van der Waals surface area contributed by atoms with Gasteiger partial charge in [-0.15, -0.1) is 11.8 Å². The first kappa shape index (κ1) is 10.7. The average molecular weight is 229 g/mol. The Morgan fingerprint density at radius 2 is 1.87 bits per heavy atom. The van der Waals surface area contributed by atoms with E-state index in [4.69, 9.17) is 5.73 Å². The van der Waals surface area contributed by atoms with Crippen molar-refractivity contribution in [1.82, 2.24) is 0 Å². The van der Waals surface area contributed by atoms with Crippen molar-refractivity contribution in [3.8, 4) is 0 Å². The van der Waals surface area contributed by atoms with Crippen LogP contribution in [0.4, 0.5) is 14.5 Å². The van der Waals surface area contributed by atoms with Crippen molar-refractivity contribution >= 4 is 17.4 Å². The van der Waals surface area contributed by atoms with Crippen molar-refractivity contribution in [2.45, 2.75) is 24.2 Å². The summed E-state index contributed by atoms with van der Waals surface area (Å²) >= 11 is 1.26. The molecule has 0 amide bonds. The first-order valence-electron chi connectivity index (χ1n) is 5.04. The van der Waals surface area contributed by atoms with Gasteiger partial charge in [-0.3, -0.25) is 0 Å². The van der Waals surface area contributed by atoms with Gasteiger partial charge in [-0.05, 0) is 30.9 Å². The summed E-state index contributed by atoms with van der Waals surface area (Å²) in [5.74, 6) is 0.345. The van der Waals surface area contributed by atoms with Crippen molar-refractivity contribution < 1.29 is 8.78 Å². The Morgan fingerprint density at radius 1 is 1.27 bits per heavy atom. The number of hydrogen-bond acceptors (Lipinski definition) is 2. The molecule has 1 fully saturated rings. The molecule has 1 saturated carbocycles. The Hall–Kier alpha value is -0.770. The van der Waals surface area contributed by atoms with Crippen LogP contribution in [0.3, 0.4) is 0 Å². The van der Waals surface area contributed by atoms with Crippen LogP contribution < -0.4 is 5.73 Å². The third kappa shape index (κ3) is 2.43. The van der Waals surface area contributed by atoms with E-state index in [0.29, 0.717) is 5.92 Å². The van der Waals surface area contributed by atoms with Gasteiger partial charge in [-0.2, -0.15) is 0 Å². The number of nitrogens with two attached hydrogens (primary N) is 1. The van der Waals surface area contributed by atoms with Gasteiger partial charge in [-0.25, -0.2) is 8.78 Å². The summed E-state index contributed by atoms with van der Waals surface area (Å²) < 4.78 is 26.7. The number of halogens is 2. The molecule has 2 rings (SSSR count). The molecule has 1 aliphatic carbocycles. The van der Waals surface area contributed by atoms with Gasteiger partial charge in [0.25, 0.3) is 0 Å². The lowest BCUT2D eigenvalue weighted by molar-refractivity contribution is 0.353. The van der Waals surface area contributed by atoms with Gasteiger partial charge in [0.05, 0.1) is 4.90 Å². The summed E-state index contributed by atoms with van der Waals surface area (Å²) in [7, 11) is 0. The molecule has 1 aromatic rings. The highest BCUT2D eigenvalue weighted by molar-refractivity contribution is 7.99. The summed E-state index contributed by atoms with van der Waals surface area (Å²) in [6.07, 6.45) is 3.62. The number of nitrogen functional groups attached to an aromatic ring is 1. The van der Waals surface area contributed by atoms with Gasteiger partial charge >= 0.3 is 0 Å². The van der Waals surface area contributed by atoms with E-state index in [1.807, 2.05) is 0 Å². The molecule has 82 valence electrons. The summed E-state index contributed by atoms with van der Waals surface area (Å²) in [4.78, 5) is 0.108. The van der Waals surface area contributed by atoms with Gasteiger partial charge < -0.3 is 5.73 Å². The summed E-state index contributed by atoms with van der Waals surface area (Å²) in [6, 6.07) is 2.35. The minimum absolute atomic E-state index is 0.108. The van der Waals surface area contributed by atoms with Crippen LogP contribution in [0.2, 0.25) is 0 Å². The number of rotatable bonds is 3. The minimum Gasteiger partial charge on any atom is -0.399 e. The average Bonchev–Trinajstić information content (AvgIpc) is 2.06. The van der Waals surface area contributed by atoms with E-state index in [0.717, 1.165) is 5.75 Å². The zero-order valence-electron chi connectivity index (χ0n) is 8.30.